The molecule has 2 heterocycles. The van der Waals surface area contributed by atoms with Gasteiger partial charge < -0.3 is 9.74 Å². The number of nitrogens with one attached hydrogen (secondary N) is 1. The number of benzene rings is 2. The average Bonchev–Trinajstić information content (AvgIpc) is 3.31. The predicted molar refractivity (Wildman–Crippen MR) is 128 cm³/mol. The van der Waals surface area contributed by atoms with Gasteiger partial charge in [0, 0.05) is 23.0 Å². The molecule has 1 aliphatic carbocycles. The normalized spacial score (nSPS) is 21.0. The van der Waals surface area contributed by atoms with E-state index in [1.165, 1.54) is 12.1 Å². The van der Waals surface area contributed by atoms with Crippen molar-refractivity contribution in [1.29, 1.82) is 0 Å². The standard InChI is InChI=1S/C28H29FN2O3/c29-23-11-8-21(9-12-23)27(32)22-14-17-31(18-15-22)16-4-7-20-10-13-24-25(28(20)33)26(30-34-24)19-5-2-1-3-6-19/h1-3,5-6,8-9,11-13,20,22,30H,4,7,10,14-18H2. The molecule has 2 aromatic carbocycles. The molecule has 3 aliphatic rings. The fourth-order valence-electron chi connectivity index (χ4n) is 5.17. The third kappa shape index (κ3) is 4.68. The fourth-order valence-corrected chi connectivity index (χ4v) is 5.17. The van der Waals surface area contributed by atoms with Gasteiger partial charge in [-0.1, -0.05) is 30.3 Å². The molecule has 0 aromatic heterocycles. The van der Waals surface area contributed by atoms with E-state index < -0.39 is 0 Å². The number of carbonyl (C=O) groups is 2. The molecule has 0 amide bonds. The third-order valence-electron chi connectivity index (χ3n) is 7.14. The Morgan fingerprint density at radius 1 is 1.06 bits per heavy atom. The van der Waals surface area contributed by atoms with Crippen LogP contribution in [-0.4, -0.2) is 36.1 Å². The number of allylic oxidation sites excluding steroid dienone is 2. The lowest BCUT2D eigenvalue weighted by molar-refractivity contribution is -0.119. The SMILES string of the molecule is O=C1C2=C(c3ccccc3)NOC2=CCC1CCCN1CCC(C(=O)c2ccc(F)cc2)CC1. The Morgan fingerprint density at radius 2 is 1.79 bits per heavy atom. The van der Waals surface area contributed by atoms with Crippen LogP contribution in [0.2, 0.25) is 0 Å². The lowest BCUT2D eigenvalue weighted by Crippen LogP contribution is -2.37. The second-order valence-corrected chi connectivity index (χ2v) is 9.31. The Morgan fingerprint density at radius 3 is 2.53 bits per heavy atom. The van der Waals surface area contributed by atoms with Crippen molar-refractivity contribution in [3.63, 3.8) is 0 Å². The largest absolute Gasteiger partial charge is 0.382 e. The van der Waals surface area contributed by atoms with Gasteiger partial charge in [0.2, 0.25) is 0 Å². The van der Waals surface area contributed by atoms with Crippen LogP contribution in [0.5, 0.6) is 0 Å². The van der Waals surface area contributed by atoms with Crippen LogP contribution >= 0.6 is 0 Å². The van der Waals surface area contributed by atoms with E-state index in [-0.39, 0.29) is 29.2 Å². The average molecular weight is 461 g/mol. The monoisotopic (exact) mass is 460 g/mol. The molecule has 34 heavy (non-hydrogen) atoms. The van der Waals surface area contributed by atoms with Crippen LogP contribution in [-0.2, 0) is 9.63 Å². The van der Waals surface area contributed by atoms with Gasteiger partial charge in [-0.25, -0.2) is 9.87 Å². The van der Waals surface area contributed by atoms with E-state index in [0.29, 0.717) is 23.3 Å². The summed E-state index contributed by atoms with van der Waals surface area (Å²) in [5.74, 6) is 0.573. The molecule has 2 aliphatic heterocycles. The molecular weight excluding hydrogens is 431 g/mol. The van der Waals surface area contributed by atoms with Crippen molar-refractivity contribution < 1.29 is 18.8 Å². The van der Waals surface area contributed by atoms with E-state index in [2.05, 4.69) is 10.4 Å². The summed E-state index contributed by atoms with van der Waals surface area (Å²) in [6, 6.07) is 15.7. The summed E-state index contributed by atoms with van der Waals surface area (Å²) in [6.45, 7) is 2.68. The Labute approximate surface area is 199 Å². The lowest BCUT2D eigenvalue weighted by Gasteiger charge is -2.31. The third-order valence-corrected chi connectivity index (χ3v) is 7.14. The van der Waals surface area contributed by atoms with Gasteiger partial charge >= 0.3 is 0 Å². The number of hydrogen-bond acceptors (Lipinski definition) is 5. The number of piperidine rings is 1. The molecular formula is C28H29FN2O3. The number of hydrogen-bond donors (Lipinski definition) is 1. The smallest absolute Gasteiger partial charge is 0.172 e. The molecule has 1 unspecified atom stereocenters. The highest BCUT2D eigenvalue weighted by Gasteiger charge is 2.36. The summed E-state index contributed by atoms with van der Waals surface area (Å²) in [7, 11) is 0. The van der Waals surface area contributed by atoms with Crippen molar-refractivity contribution in [2.24, 2.45) is 11.8 Å². The van der Waals surface area contributed by atoms with Crippen LogP contribution in [0.4, 0.5) is 4.39 Å². The van der Waals surface area contributed by atoms with Crippen LogP contribution in [0.25, 0.3) is 5.70 Å². The van der Waals surface area contributed by atoms with Crippen molar-refractivity contribution >= 4 is 17.3 Å². The molecule has 176 valence electrons. The van der Waals surface area contributed by atoms with E-state index in [1.807, 2.05) is 36.4 Å². The highest BCUT2D eigenvalue weighted by Crippen LogP contribution is 2.37. The van der Waals surface area contributed by atoms with E-state index in [9.17, 15) is 14.0 Å². The number of Topliss-reactive ketones (excluding diaryl/α,β-unsaturated/α-hetero) is 2. The number of halogens is 1. The van der Waals surface area contributed by atoms with Gasteiger partial charge in [0.15, 0.2) is 17.3 Å². The van der Waals surface area contributed by atoms with Crippen LogP contribution < -0.4 is 5.48 Å². The molecule has 1 N–H and O–H groups in total. The number of carbonyl (C=O) groups excluding carboxylic acids is 2. The van der Waals surface area contributed by atoms with Crippen molar-refractivity contribution in [3.05, 3.63) is 88.9 Å². The van der Waals surface area contributed by atoms with Crippen molar-refractivity contribution in [1.82, 2.24) is 10.4 Å². The number of nitrogens with zero attached hydrogens (tertiary/aromatic N) is 1. The second-order valence-electron chi connectivity index (χ2n) is 9.31. The molecule has 0 radical (unpaired) electrons. The van der Waals surface area contributed by atoms with Crippen LogP contribution in [0.15, 0.2) is 72.0 Å². The second kappa shape index (κ2) is 9.94. The molecule has 1 saturated heterocycles. The van der Waals surface area contributed by atoms with Crippen LogP contribution in [0.1, 0.15) is 48.0 Å². The number of ketones is 2. The molecule has 1 atom stereocenters. The minimum atomic E-state index is -0.321. The zero-order valence-electron chi connectivity index (χ0n) is 19.1. The van der Waals surface area contributed by atoms with Gasteiger partial charge in [0.05, 0.1) is 11.3 Å². The number of fused-ring (bicyclic) bond motifs is 1. The molecule has 1 fully saturated rings. The maximum Gasteiger partial charge on any atom is 0.172 e. The molecule has 5 nitrogen and oxygen atoms in total. The summed E-state index contributed by atoms with van der Waals surface area (Å²) in [5.41, 5.74) is 5.91. The maximum absolute atomic E-state index is 13.3. The van der Waals surface area contributed by atoms with Gasteiger partial charge in [-0.15, -0.1) is 0 Å². The molecule has 0 bridgehead atoms. The summed E-state index contributed by atoms with van der Waals surface area (Å²) < 4.78 is 13.1. The Hall–Kier alpha value is -3.25. The molecule has 0 spiro atoms. The topological polar surface area (TPSA) is 58.6 Å². The van der Waals surface area contributed by atoms with Crippen LogP contribution in [0.3, 0.4) is 0 Å². The van der Waals surface area contributed by atoms with Crippen molar-refractivity contribution in [3.8, 4) is 0 Å². The minimum Gasteiger partial charge on any atom is -0.382 e. The van der Waals surface area contributed by atoms with Gasteiger partial charge in [0.1, 0.15) is 5.82 Å². The zero-order chi connectivity index (χ0) is 23.5. The van der Waals surface area contributed by atoms with E-state index in [0.717, 1.165) is 56.6 Å². The number of hydroxylamine groups is 1. The highest BCUT2D eigenvalue weighted by atomic mass is 19.1. The molecule has 5 rings (SSSR count). The summed E-state index contributed by atoms with van der Waals surface area (Å²) in [5, 5.41) is 0. The summed E-state index contributed by atoms with van der Waals surface area (Å²) in [6.07, 6.45) is 6.15. The Bertz CT molecular complexity index is 1120. The van der Waals surface area contributed by atoms with Gasteiger partial charge in [-0.2, -0.15) is 0 Å². The predicted octanol–water partition coefficient (Wildman–Crippen LogP) is 4.92. The maximum atomic E-state index is 13.3. The summed E-state index contributed by atoms with van der Waals surface area (Å²) in [4.78, 5) is 33.9. The first kappa shape index (κ1) is 22.5. The molecule has 0 saturated carbocycles. The van der Waals surface area contributed by atoms with Crippen molar-refractivity contribution in [2.75, 3.05) is 19.6 Å². The summed E-state index contributed by atoms with van der Waals surface area (Å²) >= 11 is 0. The molecule has 2 aromatic rings. The quantitative estimate of drug-likeness (QED) is 0.595. The minimum absolute atomic E-state index is 0.00315. The Kier molecular flexibility index (Phi) is 6.59. The van der Waals surface area contributed by atoms with Gasteiger partial charge in [0.25, 0.3) is 0 Å². The van der Waals surface area contributed by atoms with E-state index in [1.54, 1.807) is 12.1 Å². The highest BCUT2D eigenvalue weighted by molar-refractivity contribution is 6.08. The lowest BCUT2D eigenvalue weighted by atomic mass is 9.83. The molecule has 6 heteroatoms. The number of likely N-dealkylation sites (tertiary alicyclic amines) is 1. The zero-order valence-corrected chi connectivity index (χ0v) is 19.1. The number of rotatable bonds is 7. The Balaban J connectivity index is 1.12. The first-order chi connectivity index (χ1) is 16.6. The van der Waals surface area contributed by atoms with Crippen molar-refractivity contribution in [2.45, 2.75) is 32.1 Å². The van der Waals surface area contributed by atoms with E-state index in [4.69, 9.17) is 4.84 Å². The van der Waals surface area contributed by atoms with Gasteiger partial charge in [-0.3, -0.25) is 9.59 Å². The van der Waals surface area contributed by atoms with E-state index >= 15 is 0 Å². The van der Waals surface area contributed by atoms with Gasteiger partial charge in [-0.05, 0) is 82.1 Å². The fraction of sp³-hybridized carbons (Fsp3) is 0.357. The first-order valence-electron chi connectivity index (χ1n) is 12.1. The first-order valence-corrected chi connectivity index (χ1v) is 12.1. The van der Waals surface area contributed by atoms with Crippen LogP contribution in [0, 0.1) is 17.7 Å².